The van der Waals surface area contributed by atoms with E-state index in [1.165, 1.54) is 12.8 Å². The van der Waals surface area contributed by atoms with E-state index in [4.69, 9.17) is 9.72 Å². The number of fused-ring (bicyclic) bond motifs is 2. The summed E-state index contributed by atoms with van der Waals surface area (Å²) in [7, 11) is 0. The van der Waals surface area contributed by atoms with Crippen LogP contribution in [0.4, 0.5) is 0 Å². The Bertz CT molecular complexity index is 1680. The second kappa shape index (κ2) is 9.38. The second-order valence-electron chi connectivity index (χ2n) is 9.14. The fourth-order valence-corrected chi connectivity index (χ4v) is 5.59. The molecule has 1 aliphatic heterocycles. The van der Waals surface area contributed by atoms with Gasteiger partial charge in [0.2, 0.25) is 0 Å². The number of likely N-dealkylation sites (tertiary alicyclic amines) is 1. The first-order chi connectivity index (χ1) is 18.3. The molecule has 0 aromatic carbocycles. The van der Waals surface area contributed by atoms with Gasteiger partial charge in [0, 0.05) is 40.3 Å². The molecule has 0 unspecified atom stereocenters. The van der Waals surface area contributed by atoms with Crippen molar-refractivity contribution in [1.29, 1.82) is 0 Å². The molecule has 2 N–H and O–H groups in total. The lowest BCUT2D eigenvalue weighted by molar-refractivity contribution is 0.237. The van der Waals surface area contributed by atoms with Crippen molar-refractivity contribution in [3.05, 3.63) is 60.6 Å². The zero-order valence-electron chi connectivity index (χ0n) is 20.0. The van der Waals surface area contributed by atoms with Crippen LogP contribution in [0.3, 0.4) is 0 Å². The highest BCUT2D eigenvalue weighted by Gasteiger charge is 2.17. The van der Waals surface area contributed by atoms with E-state index in [0.29, 0.717) is 12.4 Å². The molecule has 0 atom stereocenters. The van der Waals surface area contributed by atoms with Crippen molar-refractivity contribution in [2.45, 2.75) is 12.8 Å². The minimum absolute atomic E-state index is 0.651. The molecule has 0 radical (unpaired) electrons. The van der Waals surface area contributed by atoms with Gasteiger partial charge in [-0.25, -0.2) is 4.98 Å². The zero-order chi connectivity index (χ0) is 24.6. The standard InChI is InChI=1S/C27H24N8OS/c1-2-6-35(5-1)7-8-36-18-10-17(12-28-13-18)21-11-19-22(16-30-21)33-34-26(19)27-31-23-15-29-14-20(25(23)32-27)24-4-3-9-37-24/h3-4,9-16H,1-2,5-8H2,(H,31,32)(H,33,34). The van der Waals surface area contributed by atoms with Crippen LogP contribution in [0.5, 0.6) is 5.75 Å². The number of imidazole rings is 1. The van der Waals surface area contributed by atoms with Gasteiger partial charge in [0.05, 0.1) is 35.3 Å². The van der Waals surface area contributed by atoms with Crippen molar-refractivity contribution >= 4 is 33.3 Å². The van der Waals surface area contributed by atoms with E-state index in [1.807, 2.05) is 24.4 Å². The Labute approximate surface area is 216 Å². The molecule has 1 fully saturated rings. The van der Waals surface area contributed by atoms with E-state index < -0.39 is 0 Å². The Morgan fingerprint density at radius 2 is 1.92 bits per heavy atom. The summed E-state index contributed by atoms with van der Waals surface area (Å²) in [5.74, 6) is 1.43. The maximum Gasteiger partial charge on any atom is 0.159 e. The van der Waals surface area contributed by atoms with Gasteiger partial charge in [-0.1, -0.05) is 6.07 Å². The van der Waals surface area contributed by atoms with Gasteiger partial charge < -0.3 is 9.72 Å². The average Bonchev–Trinajstić information content (AvgIpc) is 3.74. The third kappa shape index (κ3) is 4.24. The van der Waals surface area contributed by atoms with Gasteiger partial charge in [0.25, 0.3) is 0 Å². The Morgan fingerprint density at radius 1 is 1.00 bits per heavy atom. The first kappa shape index (κ1) is 22.1. The molecule has 37 heavy (non-hydrogen) atoms. The van der Waals surface area contributed by atoms with Crippen LogP contribution in [0.1, 0.15) is 12.8 Å². The van der Waals surface area contributed by atoms with Gasteiger partial charge >= 0.3 is 0 Å². The van der Waals surface area contributed by atoms with E-state index in [9.17, 15) is 0 Å². The minimum Gasteiger partial charge on any atom is -0.491 e. The number of ether oxygens (including phenoxy) is 1. The number of rotatable bonds is 7. The first-order valence-electron chi connectivity index (χ1n) is 12.3. The van der Waals surface area contributed by atoms with Crippen LogP contribution >= 0.6 is 11.3 Å². The lowest BCUT2D eigenvalue weighted by Crippen LogP contribution is -2.25. The summed E-state index contributed by atoms with van der Waals surface area (Å²) >= 11 is 1.67. The molecule has 9 nitrogen and oxygen atoms in total. The fraction of sp³-hybridized carbons (Fsp3) is 0.222. The third-order valence-electron chi connectivity index (χ3n) is 6.74. The van der Waals surface area contributed by atoms with Crippen LogP contribution in [0, 0.1) is 0 Å². The van der Waals surface area contributed by atoms with E-state index in [2.05, 4.69) is 46.5 Å². The number of hydrogen-bond donors (Lipinski definition) is 2. The number of nitrogens with zero attached hydrogens (tertiary/aromatic N) is 6. The largest absolute Gasteiger partial charge is 0.491 e. The normalized spacial score (nSPS) is 14.2. The Balaban J connectivity index is 1.20. The molecular formula is C27H24N8OS. The summed E-state index contributed by atoms with van der Waals surface area (Å²) < 4.78 is 6.00. The van der Waals surface area contributed by atoms with Crippen LogP contribution in [0.15, 0.2) is 60.6 Å². The molecule has 6 aromatic rings. The third-order valence-corrected chi connectivity index (χ3v) is 7.64. The van der Waals surface area contributed by atoms with Crippen molar-refractivity contribution in [3.8, 4) is 39.0 Å². The quantitative estimate of drug-likeness (QED) is 0.307. The summed E-state index contributed by atoms with van der Waals surface area (Å²) in [6, 6.07) is 8.12. The smallest absolute Gasteiger partial charge is 0.159 e. The maximum atomic E-state index is 6.00. The predicted molar refractivity (Wildman–Crippen MR) is 144 cm³/mol. The number of aromatic amines is 2. The average molecular weight is 509 g/mol. The van der Waals surface area contributed by atoms with Crippen LogP contribution in [-0.4, -0.2) is 66.3 Å². The monoisotopic (exact) mass is 508 g/mol. The summed E-state index contributed by atoms with van der Waals surface area (Å²) in [4.78, 5) is 25.3. The van der Waals surface area contributed by atoms with Crippen molar-refractivity contribution in [1.82, 2.24) is 40.0 Å². The number of H-pyrrole nitrogens is 2. The number of nitrogens with one attached hydrogen (secondary N) is 2. The van der Waals surface area contributed by atoms with Crippen LogP contribution < -0.4 is 4.74 Å². The van der Waals surface area contributed by atoms with Crippen molar-refractivity contribution in [2.75, 3.05) is 26.2 Å². The highest BCUT2D eigenvalue weighted by molar-refractivity contribution is 7.13. The topological polar surface area (TPSA) is 108 Å². The molecule has 0 spiro atoms. The van der Waals surface area contributed by atoms with Crippen LogP contribution in [0.2, 0.25) is 0 Å². The molecule has 10 heteroatoms. The summed E-state index contributed by atoms with van der Waals surface area (Å²) in [6.45, 7) is 3.91. The SMILES string of the molecule is c1csc(-c2cncc3[nH]c(-c4n[nH]c5cnc(-c6cncc(OCCN7CCCC7)c6)cc45)nc23)c1. The number of aromatic nitrogens is 7. The van der Waals surface area contributed by atoms with E-state index in [0.717, 1.165) is 74.7 Å². The summed E-state index contributed by atoms with van der Waals surface area (Å²) in [5, 5.41) is 10.6. The van der Waals surface area contributed by atoms with E-state index in [1.54, 1.807) is 36.1 Å². The highest BCUT2D eigenvalue weighted by Crippen LogP contribution is 2.33. The molecule has 0 bridgehead atoms. The molecule has 1 aliphatic rings. The molecule has 1 saturated heterocycles. The molecule has 184 valence electrons. The molecular weight excluding hydrogens is 484 g/mol. The molecule has 0 aliphatic carbocycles. The Morgan fingerprint density at radius 3 is 2.81 bits per heavy atom. The molecule has 7 heterocycles. The Hall–Kier alpha value is -4.15. The molecule has 0 saturated carbocycles. The van der Waals surface area contributed by atoms with Crippen molar-refractivity contribution in [3.63, 3.8) is 0 Å². The lowest BCUT2D eigenvalue weighted by atomic mass is 10.1. The molecule has 6 aromatic heterocycles. The summed E-state index contributed by atoms with van der Waals surface area (Å²) in [5.41, 5.74) is 6.01. The van der Waals surface area contributed by atoms with Gasteiger partial charge in [-0.15, -0.1) is 11.3 Å². The predicted octanol–water partition coefficient (Wildman–Crippen LogP) is 5.16. The first-order valence-corrected chi connectivity index (χ1v) is 13.2. The van der Waals surface area contributed by atoms with Gasteiger partial charge in [-0.05, 0) is 49.5 Å². The number of thiophene rings is 1. The van der Waals surface area contributed by atoms with Gasteiger partial charge in [-0.3, -0.25) is 25.0 Å². The molecule has 0 amide bonds. The lowest BCUT2D eigenvalue weighted by Gasteiger charge is -2.15. The van der Waals surface area contributed by atoms with Crippen LogP contribution in [-0.2, 0) is 0 Å². The van der Waals surface area contributed by atoms with Crippen molar-refractivity contribution < 1.29 is 4.74 Å². The second-order valence-corrected chi connectivity index (χ2v) is 10.1. The number of pyridine rings is 3. The summed E-state index contributed by atoms with van der Waals surface area (Å²) in [6.07, 6.45) is 11.6. The Kier molecular flexibility index (Phi) is 5.60. The van der Waals surface area contributed by atoms with Crippen LogP contribution in [0.25, 0.3) is 55.2 Å². The highest BCUT2D eigenvalue weighted by atomic mass is 32.1. The fourth-order valence-electron chi connectivity index (χ4n) is 4.85. The molecule has 7 rings (SSSR count). The van der Waals surface area contributed by atoms with E-state index in [-0.39, 0.29) is 0 Å². The number of hydrogen-bond acceptors (Lipinski definition) is 8. The van der Waals surface area contributed by atoms with Gasteiger partial charge in [0.1, 0.15) is 23.6 Å². The maximum absolute atomic E-state index is 6.00. The van der Waals surface area contributed by atoms with E-state index >= 15 is 0 Å². The van der Waals surface area contributed by atoms with Crippen molar-refractivity contribution in [2.24, 2.45) is 0 Å². The van der Waals surface area contributed by atoms with Gasteiger partial charge in [0.15, 0.2) is 5.82 Å². The zero-order valence-corrected chi connectivity index (χ0v) is 20.8. The minimum atomic E-state index is 0.651. The van der Waals surface area contributed by atoms with Gasteiger partial charge in [-0.2, -0.15) is 5.10 Å².